The van der Waals surface area contributed by atoms with Crippen LogP contribution in [0.1, 0.15) is 38.1 Å². The zero-order valence-corrected chi connectivity index (χ0v) is 19.1. The maximum absolute atomic E-state index is 13.2. The summed E-state index contributed by atoms with van der Waals surface area (Å²) in [5.41, 5.74) is 2.33. The number of ether oxygens (including phenoxy) is 1. The summed E-state index contributed by atoms with van der Waals surface area (Å²) in [4.78, 5) is 31.2. The molecule has 0 saturated heterocycles. The summed E-state index contributed by atoms with van der Waals surface area (Å²) in [6.07, 6.45) is 0. The topological polar surface area (TPSA) is 80.9 Å². The van der Waals surface area contributed by atoms with Crippen molar-refractivity contribution in [3.63, 3.8) is 0 Å². The van der Waals surface area contributed by atoms with E-state index >= 15 is 0 Å². The third kappa shape index (κ3) is 4.70. The van der Waals surface area contributed by atoms with Gasteiger partial charge in [-0.3, -0.25) is 4.79 Å². The highest BCUT2D eigenvalue weighted by Gasteiger charge is 2.22. The van der Waals surface area contributed by atoms with Crippen LogP contribution in [0.15, 0.2) is 64.0 Å². The van der Waals surface area contributed by atoms with Gasteiger partial charge in [-0.1, -0.05) is 18.2 Å². The fourth-order valence-corrected chi connectivity index (χ4v) is 4.28. The molecule has 4 rings (SSSR count). The van der Waals surface area contributed by atoms with Gasteiger partial charge in [0.25, 0.3) is 5.91 Å². The van der Waals surface area contributed by atoms with E-state index in [9.17, 15) is 14.0 Å². The van der Waals surface area contributed by atoms with Crippen LogP contribution >= 0.6 is 11.3 Å². The second kappa shape index (κ2) is 9.38. The highest BCUT2D eigenvalue weighted by atomic mass is 32.1. The van der Waals surface area contributed by atoms with Gasteiger partial charge in [0, 0.05) is 16.0 Å². The predicted molar refractivity (Wildman–Crippen MR) is 126 cm³/mol. The quantitative estimate of drug-likeness (QED) is 0.372. The largest absolute Gasteiger partial charge is 0.462 e. The van der Waals surface area contributed by atoms with E-state index in [1.807, 2.05) is 32.0 Å². The Kier molecular flexibility index (Phi) is 6.37. The van der Waals surface area contributed by atoms with E-state index < -0.39 is 17.7 Å². The Hall–Kier alpha value is -3.78. The van der Waals surface area contributed by atoms with Gasteiger partial charge in [-0.05, 0) is 62.7 Å². The first-order chi connectivity index (χ1) is 15.9. The van der Waals surface area contributed by atoms with Crippen molar-refractivity contribution in [2.75, 3.05) is 11.9 Å². The van der Waals surface area contributed by atoms with Gasteiger partial charge in [-0.2, -0.15) is 0 Å². The second-order valence-electron chi connectivity index (χ2n) is 7.26. The molecule has 0 aliphatic carbocycles. The molecule has 168 valence electrons. The van der Waals surface area contributed by atoms with Crippen LogP contribution in [0, 0.1) is 19.7 Å². The lowest BCUT2D eigenvalue weighted by Gasteiger charge is -2.07. The SMILES string of the molecule is CCOC(=O)c1c(N=c2oc3ccccc3cc2C(=O)Nc2ccc(F)cc2)sc(C)c1C. The molecule has 2 heterocycles. The van der Waals surface area contributed by atoms with Gasteiger partial charge in [0.05, 0.1) is 12.2 Å². The molecule has 6 nitrogen and oxygen atoms in total. The molecule has 0 atom stereocenters. The number of rotatable bonds is 5. The average molecular weight is 465 g/mol. The number of aryl methyl sites for hydroxylation is 1. The third-order valence-electron chi connectivity index (χ3n) is 5.05. The van der Waals surface area contributed by atoms with Crippen LogP contribution in [0.2, 0.25) is 0 Å². The van der Waals surface area contributed by atoms with Gasteiger partial charge >= 0.3 is 5.97 Å². The van der Waals surface area contributed by atoms with Crippen molar-refractivity contribution < 1.29 is 23.1 Å². The van der Waals surface area contributed by atoms with E-state index in [1.54, 1.807) is 19.1 Å². The van der Waals surface area contributed by atoms with Crippen molar-refractivity contribution in [1.82, 2.24) is 0 Å². The van der Waals surface area contributed by atoms with Gasteiger partial charge in [-0.15, -0.1) is 11.3 Å². The number of nitrogens with one attached hydrogen (secondary N) is 1. The summed E-state index contributed by atoms with van der Waals surface area (Å²) < 4.78 is 24.4. The zero-order valence-electron chi connectivity index (χ0n) is 18.3. The Morgan fingerprint density at radius 3 is 2.58 bits per heavy atom. The first kappa shape index (κ1) is 22.4. The fraction of sp³-hybridized carbons (Fsp3) is 0.160. The second-order valence-corrected chi connectivity index (χ2v) is 8.46. The van der Waals surface area contributed by atoms with Gasteiger partial charge in [0.1, 0.15) is 22.0 Å². The highest BCUT2D eigenvalue weighted by Crippen LogP contribution is 2.35. The number of carbonyl (C=O) groups excluding carboxylic acids is 2. The summed E-state index contributed by atoms with van der Waals surface area (Å²) in [5.74, 6) is -1.35. The lowest BCUT2D eigenvalue weighted by atomic mass is 10.1. The summed E-state index contributed by atoms with van der Waals surface area (Å²) in [6.45, 7) is 5.69. The van der Waals surface area contributed by atoms with E-state index in [0.717, 1.165) is 10.4 Å². The maximum Gasteiger partial charge on any atom is 0.341 e. The molecule has 8 heteroatoms. The Bertz CT molecular complexity index is 1420. The molecule has 1 N–H and O–H groups in total. The van der Waals surface area contributed by atoms with Crippen LogP contribution in [0.5, 0.6) is 0 Å². The first-order valence-corrected chi connectivity index (χ1v) is 11.1. The molecule has 0 radical (unpaired) electrons. The van der Waals surface area contributed by atoms with E-state index in [1.165, 1.54) is 35.6 Å². The van der Waals surface area contributed by atoms with Crippen molar-refractivity contribution >= 4 is 44.9 Å². The van der Waals surface area contributed by atoms with Gasteiger partial charge in [0.15, 0.2) is 0 Å². The number of amides is 1. The number of para-hydroxylation sites is 1. The summed E-state index contributed by atoms with van der Waals surface area (Å²) in [7, 11) is 0. The Balaban J connectivity index is 1.88. The molecule has 0 unspecified atom stereocenters. The van der Waals surface area contributed by atoms with Gasteiger partial charge in [0.2, 0.25) is 5.55 Å². The van der Waals surface area contributed by atoms with E-state index in [0.29, 0.717) is 27.2 Å². The predicted octanol–water partition coefficient (Wildman–Crippen LogP) is 5.91. The lowest BCUT2D eigenvalue weighted by molar-refractivity contribution is 0.0527. The molecular weight excluding hydrogens is 443 g/mol. The van der Waals surface area contributed by atoms with Gasteiger partial charge in [-0.25, -0.2) is 14.2 Å². The van der Waals surface area contributed by atoms with Crippen molar-refractivity contribution in [3.8, 4) is 0 Å². The molecule has 0 saturated carbocycles. The first-order valence-electron chi connectivity index (χ1n) is 10.3. The molecule has 0 fully saturated rings. The molecule has 33 heavy (non-hydrogen) atoms. The number of halogens is 1. The molecular formula is C25H21FN2O4S. The number of thiophene rings is 1. The Morgan fingerprint density at radius 1 is 1.12 bits per heavy atom. The Labute approximate surface area is 193 Å². The summed E-state index contributed by atoms with van der Waals surface area (Å²) >= 11 is 1.32. The maximum atomic E-state index is 13.2. The van der Waals surface area contributed by atoms with Crippen LogP contribution < -0.4 is 10.9 Å². The smallest absolute Gasteiger partial charge is 0.341 e. The highest BCUT2D eigenvalue weighted by molar-refractivity contribution is 7.16. The molecule has 2 aromatic carbocycles. The number of hydrogen-bond acceptors (Lipinski definition) is 6. The van der Waals surface area contributed by atoms with Crippen molar-refractivity contribution in [2.45, 2.75) is 20.8 Å². The minimum absolute atomic E-state index is 0.0557. The van der Waals surface area contributed by atoms with Crippen LogP contribution in [0.3, 0.4) is 0 Å². The van der Waals surface area contributed by atoms with Crippen molar-refractivity contribution in [1.29, 1.82) is 0 Å². The Morgan fingerprint density at radius 2 is 1.85 bits per heavy atom. The number of nitrogens with zero attached hydrogens (tertiary/aromatic N) is 1. The molecule has 0 bridgehead atoms. The van der Waals surface area contributed by atoms with E-state index in [-0.39, 0.29) is 17.7 Å². The number of anilines is 1. The normalized spacial score (nSPS) is 11.6. The standard InChI is InChI=1S/C25H21FN2O4S/c1-4-31-25(30)21-14(2)15(3)33-24(21)28-23-19(13-16-7-5-6-8-20(16)32-23)22(29)27-18-11-9-17(26)10-12-18/h5-13H,4H2,1-3H3,(H,27,29). The summed E-state index contributed by atoms with van der Waals surface area (Å²) in [6, 6.07) is 14.4. The van der Waals surface area contributed by atoms with E-state index in [2.05, 4.69) is 10.3 Å². The van der Waals surface area contributed by atoms with Crippen LogP contribution in [-0.2, 0) is 4.74 Å². The minimum atomic E-state index is -0.476. The number of esters is 1. The number of carbonyl (C=O) groups is 2. The minimum Gasteiger partial charge on any atom is -0.462 e. The lowest BCUT2D eigenvalue weighted by Crippen LogP contribution is -2.21. The number of hydrogen-bond donors (Lipinski definition) is 1. The third-order valence-corrected chi connectivity index (χ3v) is 6.15. The van der Waals surface area contributed by atoms with E-state index in [4.69, 9.17) is 9.15 Å². The molecule has 1 amide bonds. The monoisotopic (exact) mass is 464 g/mol. The van der Waals surface area contributed by atoms with Crippen molar-refractivity contribution in [3.05, 3.63) is 87.5 Å². The number of benzene rings is 2. The van der Waals surface area contributed by atoms with Crippen molar-refractivity contribution in [2.24, 2.45) is 4.99 Å². The fourth-order valence-electron chi connectivity index (χ4n) is 3.27. The average Bonchev–Trinajstić information content (AvgIpc) is 3.08. The molecule has 4 aromatic rings. The van der Waals surface area contributed by atoms with Crippen LogP contribution in [-0.4, -0.2) is 18.5 Å². The molecule has 2 aromatic heterocycles. The van der Waals surface area contributed by atoms with Crippen LogP contribution in [0.4, 0.5) is 15.1 Å². The molecule has 0 aliphatic rings. The molecule has 0 aliphatic heterocycles. The summed E-state index contributed by atoms with van der Waals surface area (Å²) in [5, 5.41) is 3.85. The number of fused-ring (bicyclic) bond motifs is 1. The molecule has 0 spiro atoms. The zero-order chi connectivity index (χ0) is 23.5. The van der Waals surface area contributed by atoms with Crippen LogP contribution in [0.25, 0.3) is 11.0 Å². The van der Waals surface area contributed by atoms with Gasteiger partial charge < -0.3 is 14.5 Å².